The highest BCUT2D eigenvalue weighted by Gasteiger charge is 2.47. The Bertz CT molecular complexity index is 388. The lowest BCUT2D eigenvalue weighted by atomic mass is 10.1. The Labute approximate surface area is 103 Å². The van der Waals surface area contributed by atoms with Crippen LogP contribution < -0.4 is 9.22 Å². The summed E-state index contributed by atoms with van der Waals surface area (Å²) in [5.74, 6) is 0.960. The Hall–Kier alpha value is -1.06. The van der Waals surface area contributed by atoms with Gasteiger partial charge in [-0.1, -0.05) is 0 Å². The van der Waals surface area contributed by atoms with Crippen LogP contribution in [0.1, 0.15) is 0 Å². The Morgan fingerprint density at radius 2 is 1.41 bits per heavy atom. The number of nitrogens with zero attached hydrogens (tertiary/aromatic N) is 2. The molecule has 3 heteroatoms. The maximum absolute atomic E-state index is 5.24. The van der Waals surface area contributed by atoms with Crippen LogP contribution in [0.3, 0.4) is 0 Å². The number of rotatable bonds is 2. The molecular weight excluding hydrogens is 212 g/mol. The molecule has 0 spiro atoms. The molecule has 0 amide bonds. The van der Waals surface area contributed by atoms with E-state index >= 15 is 0 Å². The van der Waals surface area contributed by atoms with Crippen molar-refractivity contribution in [3.05, 3.63) is 24.3 Å². The van der Waals surface area contributed by atoms with Crippen LogP contribution in [0.2, 0.25) is 0 Å². The van der Waals surface area contributed by atoms with Gasteiger partial charge in [-0.25, -0.2) is 0 Å². The third-order valence-corrected chi connectivity index (χ3v) is 4.82. The zero-order valence-corrected chi connectivity index (χ0v) is 10.9. The van der Waals surface area contributed by atoms with Crippen LogP contribution in [0.15, 0.2) is 24.3 Å². The fourth-order valence-electron chi connectivity index (χ4n) is 3.26. The van der Waals surface area contributed by atoms with Crippen molar-refractivity contribution >= 4 is 5.69 Å². The van der Waals surface area contributed by atoms with Gasteiger partial charge < -0.3 is 9.22 Å². The highest BCUT2D eigenvalue weighted by atomic mass is 16.5. The number of benzene rings is 1. The quantitative estimate of drug-likeness (QED) is 0.704. The second-order valence-corrected chi connectivity index (χ2v) is 5.80. The molecule has 3 nitrogen and oxygen atoms in total. The van der Waals surface area contributed by atoms with Crippen LogP contribution >= 0.6 is 0 Å². The normalized spacial score (nSPS) is 35.9. The predicted octanol–water partition coefficient (Wildman–Crippen LogP) is 1.48. The zero-order chi connectivity index (χ0) is 11.9. The number of likely N-dealkylation sites (N-methyl/N-ethyl adjacent to an activating group) is 1. The first kappa shape index (κ1) is 11.1. The summed E-state index contributed by atoms with van der Waals surface area (Å²) >= 11 is 0. The minimum Gasteiger partial charge on any atom is -0.497 e. The SMILES string of the molecule is COc1ccc([N+]23CC[N+](C)(CC2)CC3)cc1. The second-order valence-electron chi connectivity index (χ2n) is 5.80. The first-order chi connectivity index (χ1) is 8.16. The molecular formula is C14H22N2O+2. The summed E-state index contributed by atoms with van der Waals surface area (Å²) < 4.78 is 7.72. The van der Waals surface area contributed by atoms with Crippen molar-refractivity contribution in [2.45, 2.75) is 0 Å². The highest BCUT2D eigenvalue weighted by Crippen LogP contribution is 2.32. The van der Waals surface area contributed by atoms with Gasteiger partial charge >= 0.3 is 0 Å². The van der Waals surface area contributed by atoms with E-state index in [9.17, 15) is 0 Å². The van der Waals surface area contributed by atoms with Crippen molar-refractivity contribution in [2.75, 3.05) is 53.4 Å². The molecule has 3 aliphatic rings. The lowest BCUT2D eigenvalue weighted by Crippen LogP contribution is -2.74. The van der Waals surface area contributed by atoms with Gasteiger partial charge in [-0.15, -0.1) is 0 Å². The molecule has 3 heterocycles. The summed E-state index contributed by atoms with van der Waals surface area (Å²) in [4.78, 5) is 0. The number of fused-ring (bicyclic) bond motifs is 3. The number of hydrogen-bond acceptors (Lipinski definition) is 1. The van der Waals surface area contributed by atoms with Crippen molar-refractivity contribution in [2.24, 2.45) is 0 Å². The smallest absolute Gasteiger partial charge is 0.133 e. The van der Waals surface area contributed by atoms with Gasteiger partial charge in [0.25, 0.3) is 0 Å². The van der Waals surface area contributed by atoms with Gasteiger partial charge in [-0.05, 0) is 12.1 Å². The lowest BCUT2D eigenvalue weighted by molar-refractivity contribution is -0.922. The van der Waals surface area contributed by atoms with Crippen LogP contribution in [0.4, 0.5) is 5.69 Å². The maximum Gasteiger partial charge on any atom is 0.133 e. The highest BCUT2D eigenvalue weighted by molar-refractivity contribution is 5.46. The number of methoxy groups -OCH3 is 1. The average Bonchev–Trinajstić information content (AvgIpc) is 2.40. The molecule has 0 N–H and O–H groups in total. The van der Waals surface area contributed by atoms with E-state index in [-0.39, 0.29) is 0 Å². The van der Waals surface area contributed by atoms with Gasteiger partial charge in [0.15, 0.2) is 0 Å². The van der Waals surface area contributed by atoms with E-state index in [1.165, 1.54) is 53.9 Å². The second kappa shape index (κ2) is 3.72. The van der Waals surface area contributed by atoms with Crippen molar-refractivity contribution in [3.63, 3.8) is 0 Å². The van der Waals surface area contributed by atoms with Crippen molar-refractivity contribution < 1.29 is 9.22 Å². The molecule has 92 valence electrons. The molecule has 0 unspecified atom stereocenters. The molecule has 3 saturated heterocycles. The Morgan fingerprint density at radius 3 is 1.88 bits per heavy atom. The number of piperazine rings is 3. The molecule has 0 saturated carbocycles. The third kappa shape index (κ3) is 1.74. The number of quaternary nitrogens is 2. The number of ether oxygens (including phenoxy) is 1. The van der Waals surface area contributed by atoms with E-state index in [1.54, 1.807) is 7.11 Å². The van der Waals surface area contributed by atoms with Crippen LogP contribution in [-0.2, 0) is 0 Å². The van der Waals surface area contributed by atoms with Gasteiger partial charge in [0.1, 0.15) is 50.7 Å². The molecule has 0 aliphatic carbocycles. The summed E-state index contributed by atoms with van der Waals surface area (Å²) in [5, 5.41) is 0. The molecule has 3 fully saturated rings. The minimum atomic E-state index is 0.960. The van der Waals surface area contributed by atoms with Gasteiger partial charge in [0, 0.05) is 12.1 Å². The van der Waals surface area contributed by atoms with Crippen LogP contribution in [0, 0.1) is 0 Å². The van der Waals surface area contributed by atoms with Crippen molar-refractivity contribution in [1.29, 1.82) is 0 Å². The van der Waals surface area contributed by atoms with E-state index in [0.29, 0.717) is 0 Å². The zero-order valence-electron chi connectivity index (χ0n) is 10.9. The largest absolute Gasteiger partial charge is 0.497 e. The van der Waals surface area contributed by atoms with E-state index in [2.05, 4.69) is 31.3 Å². The van der Waals surface area contributed by atoms with Gasteiger partial charge in [-0.3, -0.25) is 4.48 Å². The molecule has 2 bridgehead atoms. The average molecular weight is 234 g/mol. The Balaban J connectivity index is 1.88. The topological polar surface area (TPSA) is 9.23 Å². The maximum atomic E-state index is 5.24. The third-order valence-electron chi connectivity index (χ3n) is 4.82. The van der Waals surface area contributed by atoms with E-state index in [0.717, 1.165) is 5.75 Å². The summed E-state index contributed by atoms with van der Waals surface area (Å²) in [7, 11) is 4.13. The van der Waals surface area contributed by atoms with Gasteiger partial charge in [0.05, 0.1) is 14.2 Å². The summed E-state index contributed by atoms with van der Waals surface area (Å²) in [5.41, 5.74) is 1.47. The van der Waals surface area contributed by atoms with Crippen LogP contribution in [0.25, 0.3) is 0 Å². The van der Waals surface area contributed by atoms with Crippen LogP contribution in [0.5, 0.6) is 5.75 Å². The summed E-state index contributed by atoms with van der Waals surface area (Å²) in [6.45, 7) is 7.86. The molecule has 0 atom stereocenters. The lowest BCUT2D eigenvalue weighted by Gasteiger charge is -2.53. The first-order valence-corrected chi connectivity index (χ1v) is 6.50. The summed E-state index contributed by atoms with van der Waals surface area (Å²) in [6.07, 6.45) is 0. The van der Waals surface area contributed by atoms with Gasteiger partial charge in [0.2, 0.25) is 0 Å². The molecule has 1 aromatic carbocycles. The molecule has 0 radical (unpaired) electrons. The van der Waals surface area contributed by atoms with E-state index in [1.807, 2.05) is 0 Å². The number of hydrogen-bond donors (Lipinski definition) is 0. The molecule has 17 heavy (non-hydrogen) atoms. The fraction of sp³-hybridized carbons (Fsp3) is 0.571. The fourth-order valence-corrected chi connectivity index (χ4v) is 3.26. The predicted molar refractivity (Wildman–Crippen MR) is 70.2 cm³/mol. The molecule has 0 aromatic heterocycles. The van der Waals surface area contributed by atoms with Crippen molar-refractivity contribution in [3.8, 4) is 5.75 Å². The van der Waals surface area contributed by atoms with Crippen molar-refractivity contribution in [1.82, 2.24) is 4.48 Å². The van der Waals surface area contributed by atoms with E-state index in [4.69, 9.17) is 4.74 Å². The first-order valence-electron chi connectivity index (χ1n) is 6.50. The van der Waals surface area contributed by atoms with E-state index < -0.39 is 0 Å². The minimum absolute atomic E-state index is 0.960. The Morgan fingerprint density at radius 1 is 0.882 bits per heavy atom. The summed E-state index contributed by atoms with van der Waals surface area (Å²) in [6, 6.07) is 8.69. The van der Waals surface area contributed by atoms with Crippen LogP contribution in [-0.4, -0.2) is 57.9 Å². The molecule has 3 aliphatic heterocycles. The molecule has 4 rings (SSSR count). The monoisotopic (exact) mass is 234 g/mol. The Kier molecular flexibility index (Phi) is 2.42. The molecule has 1 aromatic rings. The standard InChI is InChI=1S/C14H22N2O/c1-15-7-10-16(11-8-15,12-9-15)13-3-5-14(17-2)6-4-13/h3-6H,7-12H2,1-2H3/q+2. The van der Waals surface area contributed by atoms with Gasteiger partial charge in [-0.2, -0.15) is 0 Å².